The first-order valence-corrected chi connectivity index (χ1v) is 16.4. The van der Waals surface area contributed by atoms with Crippen molar-refractivity contribution in [3.8, 4) is 0 Å². The third-order valence-corrected chi connectivity index (χ3v) is 7.18. The van der Waals surface area contributed by atoms with E-state index in [9.17, 15) is 19.2 Å². The van der Waals surface area contributed by atoms with Gasteiger partial charge in [0.2, 0.25) is 5.78 Å². The van der Waals surface area contributed by atoms with Crippen LogP contribution in [-0.4, -0.2) is 52.7 Å². The number of aryl methyl sites for hydroxylation is 6. The van der Waals surface area contributed by atoms with Crippen molar-refractivity contribution in [2.45, 2.75) is 122 Å². The number of nitrogens with zero attached hydrogens (tertiary/aromatic N) is 3. The van der Waals surface area contributed by atoms with E-state index in [1.807, 2.05) is 72.7 Å². The van der Waals surface area contributed by atoms with E-state index in [2.05, 4.69) is 23.9 Å². The van der Waals surface area contributed by atoms with Crippen molar-refractivity contribution in [3.63, 3.8) is 0 Å². The molecule has 8 heteroatoms. The number of Topliss-reactive ketones (excluding diaryl/α,β-unsaturated/α-hetero) is 2. The molecule has 1 amide bonds. The predicted molar refractivity (Wildman–Crippen MR) is 196 cm³/mol. The van der Waals surface area contributed by atoms with Crippen molar-refractivity contribution in [1.82, 2.24) is 5.01 Å². The first kappa shape index (κ1) is 44.7. The maximum Gasteiger partial charge on any atom is 0.314 e. The van der Waals surface area contributed by atoms with Crippen molar-refractivity contribution < 1.29 is 19.2 Å². The van der Waals surface area contributed by atoms with E-state index in [0.717, 1.165) is 83.8 Å². The number of benzene rings is 2. The standard InChI is InChI=1S/C18H26N2O2.C14H17ClO2.C5H11N.CH4/c1-7-13-10-14(8-2)16(15(9-3)11-13)17(21)18(22)20(6)19-12(4)5;1-4-9-7-10(5-2)12(11(6-3)8-9)13(16)14(15)17;1-4-6-5(2)3;/h10-11H,7-9H2,1-6H3;7-8H,4-6H2,1-3H3;4H2,1-3H3;1H4. The molecule has 0 N–H and O–H groups in total. The summed E-state index contributed by atoms with van der Waals surface area (Å²) in [6, 6.07) is 8.06. The van der Waals surface area contributed by atoms with Gasteiger partial charge in [-0.1, -0.05) is 73.2 Å². The highest BCUT2D eigenvalue weighted by molar-refractivity contribution is 6.83. The maximum absolute atomic E-state index is 12.7. The SMILES string of the molecule is C.CCN=C(C)C.CCc1cc(CC)c(C(=O)C(=O)Cl)c(CC)c1.CCc1cc(CC)c(C(=O)C(=O)N(C)N=C(C)C)c(CC)c1. The van der Waals surface area contributed by atoms with Gasteiger partial charge in [-0.15, -0.1) is 0 Å². The summed E-state index contributed by atoms with van der Waals surface area (Å²) < 4.78 is 0. The van der Waals surface area contributed by atoms with Gasteiger partial charge < -0.3 is 0 Å². The average Bonchev–Trinajstić information content (AvgIpc) is 3.02. The second kappa shape index (κ2) is 23.0. The fourth-order valence-electron chi connectivity index (χ4n) is 4.80. The van der Waals surface area contributed by atoms with Gasteiger partial charge in [0, 0.05) is 36.1 Å². The average molecular weight is 656 g/mol. The van der Waals surface area contributed by atoms with Gasteiger partial charge in [0.05, 0.1) is 0 Å². The van der Waals surface area contributed by atoms with Crippen molar-refractivity contribution in [1.29, 1.82) is 0 Å². The van der Waals surface area contributed by atoms with Crippen LogP contribution in [-0.2, 0) is 48.1 Å². The highest BCUT2D eigenvalue weighted by Crippen LogP contribution is 2.23. The number of amides is 1. The highest BCUT2D eigenvalue weighted by Gasteiger charge is 2.25. The third kappa shape index (κ3) is 13.9. The zero-order valence-electron chi connectivity index (χ0n) is 29.6. The summed E-state index contributed by atoms with van der Waals surface area (Å²) in [4.78, 5) is 51.9. The number of halogens is 1. The van der Waals surface area contributed by atoms with E-state index in [0.29, 0.717) is 11.1 Å². The summed E-state index contributed by atoms with van der Waals surface area (Å²) in [6.07, 6.45) is 4.76. The lowest BCUT2D eigenvalue weighted by Gasteiger charge is -2.16. The molecule has 0 aliphatic heterocycles. The summed E-state index contributed by atoms with van der Waals surface area (Å²) in [5.74, 6) is -1.64. The summed E-state index contributed by atoms with van der Waals surface area (Å²) in [5.41, 5.74) is 9.08. The van der Waals surface area contributed by atoms with E-state index < -0.39 is 22.7 Å². The van der Waals surface area contributed by atoms with Crippen LogP contribution in [0.5, 0.6) is 0 Å². The number of ketones is 2. The Morgan fingerprint density at radius 1 is 0.609 bits per heavy atom. The number of likely N-dealkylation sites (N-methyl/N-ethyl adjacent to an activating group) is 1. The van der Waals surface area contributed by atoms with Gasteiger partial charge >= 0.3 is 5.91 Å². The molecular formula is C38H58ClN3O4. The Bertz CT molecular complexity index is 1330. The minimum absolute atomic E-state index is 0. The van der Waals surface area contributed by atoms with Gasteiger partial charge in [0.1, 0.15) is 0 Å². The van der Waals surface area contributed by atoms with Gasteiger partial charge in [-0.05, 0) is 118 Å². The van der Waals surface area contributed by atoms with Crippen LogP contribution in [0.15, 0.2) is 34.4 Å². The zero-order chi connectivity index (χ0) is 34.9. The van der Waals surface area contributed by atoms with Crippen LogP contribution in [0.1, 0.15) is 138 Å². The number of hydrogen-bond donors (Lipinski definition) is 0. The fraction of sp³-hybridized carbons (Fsp3) is 0.526. The molecule has 2 aromatic carbocycles. The quantitative estimate of drug-likeness (QED) is 0.0750. The normalized spacial score (nSPS) is 9.76. The minimum Gasteiger partial charge on any atom is -0.295 e. The molecule has 0 unspecified atom stereocenters. The number of hydrazone groups is 1. The van der Waals surface area contributed by atoms with E-state index in [4.69, 9.17) is 11.6 Å². The van der Waals surface area contributed by atoms with E-state index in [1.54, 1.807) is 13.8 Å². The summed E-state index contributed by atoms with van der Waals surface area (Å²) in [5, 5.41) is 4.27. The first-order valence-electron chi connectivity index (χ1n) is 16.0. The number of rotatable bonds is 12. The monoisotopic (exact) mass is 655 g/mol. The van der Waals surface area contributed by atoms with E-state index >= 15 is 0 Å². The molecule has 0 heterocycles. The van der Waals surface area contributed by atoms with Crippen LogP contribution in [0, 0.1) is 0 Å². The summed E-state index contributed by atoms with van der Waals surface area (Å²) >= 11 is 5.31. The predicted octanol–water partition coefficient (Wildman–Crippen LogP) is 8.86. The number of hydrogen-bond acceptors (Lipinski definition) is 6. The molecule has 7 nitrogen and oxygen atoms in total. The van der Waals surface area contributed by atoms with Crippen molar-refractivity contribution in [3.05, 3.63) is 68.8 Å². The van der Waals surface area contributed by atoms with Crippen LogP contribution in [0.2, 0.25) is 0 Å². The summed E-state index contributed by atoms with van der Waals surface area (Å²) in [6.45, 7) is 22.7. The lowest BCUT2D eigenvalue weighted by molar-refractivity contribution is -0.125. The molecule has 2 aromatic rings. The largest absolute Gasteiger partial charge is 0.314 e. The molecule has 0 fully saturated rings. The molecule has 0 aliphatic carbocycles. The molecule has 0 saturated heterocycles. The van der Waals surface area contributed by atoms with Crippen LogP contribution >= 0.6 is 11.6 Å². The molecular weight excluding hydrogens is 598 g/mol. The Kier molecular flexibility index (Phi) is 22.3. The number of carbonyl (C=O) groups excluding carboxylic acids is 4. The molecule has 46 heavy (non-hydrogen) atoms. The lowest BCUT2D eigenvalue weighted by atomic mass is 9.91. The Balaban J connectivity index is 0. The second-order valence-electron chi connectivity index (χ2n) is 10.9. The molecule has 0 aromatic heterocycles. The molecule has 0 radical (unpaired) electrons. The molecule has 0 aliphatic rings. The highest BCUT2D eigenvalue weighted by atomic mass is 35.5. The van der Waals surface area contributed by atoms with Gasteiger partial charge in [-0.2, -0.15) is 5.10 Å². The van der Waals surface area contributed by atoms with Gasteiger partial charge in [-0.25, -0.2) is 5.01 Å². The third-order valence-electron chi connectivity index (χ3n) is 7.01. The molecule has 0 saturated carbocycles. The zero-order valence-corrected chi connectivity index (χ0v) is 30.4. The van der Waals surface area contributed by atoms with Crippen molar-refractivity contribution >= 4 is 45.7 Å². The summed E-state index contributed by atoms with van der Waals surface area (Å²) in [7, 11) is 1.52. The molecule has 0 spiro atoms. The van der Waals surface area contributed by atoms with Crippen LogP contribution in [0.3, 0.4) is 0 Å². The van der Waals surface area contributed by atoms with Crippen LogP contribution in [0.4, 0.5) is 0 Å². The van der Waals surface area contributed by atoms with Crippen LogP contribution < -0.4 is 0 Å². The lowest BCUT2D eigenvalue weighted by Crippen LogP contribution is -2.31. The van der Waals surface area contributed by atoms with Gasteiger partial charge in [-0.3, -0.25) is 24.2 Å². The Morgan fingerprint density at radius 3 is 1.17 bits per heavy atom. The van der Waals surface area contributed by atoms with Gasteiger partial charge in [0.25, 0.3) is 11.0 Å². The Morgan fingerprint density at radius 2 is 0.957 bits per heavy atom. The molecule has 0 atom stereocenters. The van der Waals surface area contributed by atoms with E-state index in [-0.39, 0.29) is 7.43 Å². The first-order chi connectivity index (χ1) is 21.2. The van der Waals surface area contributed by atoms with Gasteiger partial charge in [0.15, 0.2) is 0 Å². The molecule has 2 rings (SSSR count). The van der Waals surface area contributed by atoms with E-state index in [1.165, 1.54) is 18.2 Å². The topological polar surface area (TPSA) is 96.2 Å². The fourth-order valence-corrected chi connectivity index (χ4v) is 4.89. The second-order valence-corrected chi connectivity index (χ2v) is 11.3. The molecule has 0 bridgehead atoms. The number of aliphatic imine (C=N–C) groups is 1. The smallest absolute Gasteiger partial charge is 0.295 e. The number of carbonyl (C=O) groups is 4. The van der Waals surface area contributed by atoms with Crippen molar-refractivity contribution in [2.75, 3.05) is 13.6 Å². The van der Waals surface area contributed by atoms with Crippen molar-refractivity contribution in [2.24, 2.45) is 10.1 Å². The van der Waals surface area contributed by atoms with Crippen LogP contribution in [0.25, 0.3) is 0 Å². The minimum atomic E-state index is -0.904. The molecule has 256 valence electrons. The maximum atomic E-state index is 12.7. The Labute approximate surface area is 283 Å². The Hall–Kier alpha value is -3.45.